The molecule has 0 radical (unpaired) electrons. The Balaban J connectivity index is 1.63. The summed E-state index contributed by atoms with van der Waals surface area (Å²) in [5.41, 5.74) is 0.792. The second-order valence-electron chi connectivity index (χ2n) is 6.73. The average Bonchev–Trinajstić information content (AvgIpc) is 2.70. The van der Waals surface area contributed by atoms with Crippen molar-refractivity contribution in [1.29, 1.82) is 0 Å². The third-order valence-corrected chi connectivity index (χ3v) is 4.80. The van der Waals surface area contributed by atoms with Crippen molar-refractivity contribution >= 4 is 17.6 Å². The number of carboxylic acids is 1. The molecule has 1 fully saturated rings. The zero-order valence-electron chi connectivity index (χ0n) is 15.4. The Kier molecular flexibility index (Phi) is 6.08. The summed E-state index contributed by atoms with van der Waals surface area (Å²) >= 11 is 0. The van der Waals surface area contributed by atoms with Gasteiger partial charge in [-0.3, -0.25) is 14.6 Å². The van der Waals surface area contributed by atoms with E-state index in [-0.39, 0.29) is 29.3 Å². The van der Waals surface area contributed by atoms with Crippen LogP contribution in [-0.2, 0) is 4.79 Å². The van der Waals surface area contributed by atoms with E-state index in [9.17, 15) is 14.0 Å². The molecule has 1 heterocycles. The van der Waals surface area contributed by atoms with Gasteiger partial charge >= 0.3 is 5.97 Å². The number of ether oxygens (including phenoxy) is 1. The summed E-state index contributed by atoms with van der Waals surface area (Å²) in [5, 5.41) is 14.8. The first-order valence-electron chi connectivity index (χ1n) is 9.11. The van der Waals surface area contributed by atoms with Crippen LogP contribution in [0.5, 0.6) is 11.5 Å². The van der Waals surface area contributed by atoms with Gasteiger partial charge in [0.15, 0.2) is 11.6 Å². The third kappa shape index (κ3) is 4.76. The summed E-state index contributed by atoms with van der Waals surface area (Å²) in [6.07, 6.45) is 4.12. The number of nitrogens with zero attached hydrogens (tertiary/aromatic N) is 1. The molecule has 0 spiro atoms. The lowest BCUT2D eigenvalue weighted by molar-refractivity contribution is -0.142. The van der Waals surface area contributed by atoms with E-state index in [1.807, 2.05) is 0 Å². The SMILES string of the molecule is CNC(=O)c1cc(Oc2ccc(NC3CCC(C(=O)O)CC3)cc2F)ccn1. The van der Waals surface area contributed by atoms with E-state index in [0.29, 0.717) is 24.3 Å². The summed E-state index contributed by atoms with van der Waals surface area (Å²) in [6, 6.07) is 7.67. The second-order valence-corrected chi connectivity index (χ2v) is 6.73. The topological polar surface area (TPSA) is 101 Å². The normalized spacial score (nSPS) is 18.9. The van der Waals surface area contributed by atoms with Crippen LogP contribution in [0.15, 0.2) is 36.5 Å². The number of hydrogen-bond acceptors (Lipinski definition) is 5. The number of amides is 1. The van der Waals surface area contributed by atoms with Gasteiger partial charge in [-0.25, -0.2) is 4.39 Å². The van der Waals surface area contributed by atoms with E-state index in [1.54, 1.807) is 12.1 Å². The van der Waals surface area contributed by atoms with E-state index in [1.165, 1.54) is 31.4 Å². The van der Waals surface area contributed by atoms with E-state index < -0.39 is 11.8 Å². The van der Waals surface area contributed by atoms with Crippen LogP contribution in [0.25, 0.3) is 0 Å². The summed E-state index contributed by atoms with van der Waals surface area (Å²) in [7, 11) is 1.50. The number of rotatable bonds is 6. The van der Waals surface area contributed by atoms with E-state index in [4.69, 9.17) is 9.84 Å². The molecule has 7 nitrogen and oxygen atoms in total. The molecule has 8 heteroatoms. The zero-order valence-corrected chi connectivity index (χ0v) is 15.4. The van der Waals surface area contributed by atoms with Crippen LogP contribution in [0.2, 0.25) is 0 Å². The maximum Gasteiger partial charge on any atom is 0.306 e. The lowest BCUT2D eigenvalue weighted by atomic mass is 9.86. The van der Waals surface area contributed by atoms with Crippen molar-refractivity contribution in [1.82, 2.24) is 10.3 Å². The molecule has 3 rings (SSSR count). The molecule has 2 aromatic rings. The lowest BCUT2D eigenvalue weighted by Crippen LogP contribution is -2.29. The fourth-order valence-corrected chi connectivity index (χ4v) is 3.25. The Hall–Kier alpha value is -3.16. The number of aromatic nitrogens is 1. The molecule has 0 atom stereocenters. The fraction of sp³-hybridized carbons (Fsp3) is 0.350. The van der Waals surface area contributed by atoms with Crippen LogP contribution >= 0.6 is 0 Å². The number of pyridine rings is 1. The van der Waals surface area contributed by atoms with Crippen molar-refractivity contribution < 1.29 is 23.8 Å². The first-order valence-corrected chi connectivity index (χ1v) is 9.11. The molecule has 1 saturated carbocycles. The molecule has 148 valence electrons. The molecule has 0 bridgehead atoms. The summed E-state index contributed by atoms with van der Waals surface area (Å²) in [6.45, 7) is 0. The van der Waals surface area contributed by atoms with Gasteiger partial charge in [-0.15, -0.1) is 0 Å². The van der Waals surface area contributed by atoms with Gasteiger partial charge in [0.2, 0.25) is 0 Å². The highest BCUT2D eigenvalue weighted by atomic mass is 19.1. The Labute approximate surface area is 161 Å². The van der Waals surface area contributed by atoms with Gasteiger partial charge in [0, 0.05) is 37.1 Å². The van der Waals surface area contributed by atoms with Crippen LogP contribution in [0.3, 0.4) is 0 Å². The Morgan fingerprint density at radius 1 is 1.18 bits per heavy atom. The van der Waals surface area contributed by atoms with Gasteiger partial charge < -0.3 is 20.5 Å². The summed E-state index contributed by atoms with van der Waals surface area (Å²) in [5.74, 6) is -1.59. The first-order chi connectivity index (χ1) is 13.5. The Bertz CT molecular complexity index is 866. The molecule has 28 heavy (non-hydrogen) atoms. The predicted molar refractivity (Wildman–Crippen MR) is 101 cm³/mol. The maximum absolute atomic E-state index is 14.4. The van der Waals surface area contributed by atoms with Gasteiger partial charge in [0.1, 0.15) is 11.4 Å². The number of carbonyl (C=O) groups is 2. The molecular weight excluding hydrogens is 365 g/mol. The van der Waals surface area contributed by atoms with E-state index in [2.05, 4.69) is 15.6 Å². The third-order valence-electron chi connectivity index (χ3n) is 4.80. The fourth-order valence-electron chi connectivity index (χ4n) is 3.25. The molecule has 1 aliphatic rings. The van der Waals surface area contributed by atoms with E-state index in [0.717, 1.165) is 12.8 Å². The minimum Gasteiger partial charge on any atom is -0.481 e. The van der Waals surface area contributed by atoms with Gasteiger partial charge in [0.25, 0.3) is 5.91 Å². The van der Waals surface area contributed by atoms with Crippen LogP contribution in [0.4, 0.5) is 10.1 Å². The maximum atomic E-state index is 14.4. The smallest absolute Gasteiger partial charge is 0.306 e. The highest BCUT2D eigenvalue weighted by Crippen LogP contribution is 2.30. The van der Waals surface area contributed by atoms with Crippen LogP contribution in [0, 0.1) is 11.7 Å². The number of nitrogens with one attached hydrogen (secondary N) is 2. The quantitative estimate of drug-likeness (QED) is 0.702. The molecule has 0 saturated heterocycles. The van der Waals surface area contributed by atoms with Gasteiger partial charge in [-0.05, 0) is 43.9 Å². The van der Waals surface area contributed by atoms with Crippen molar-refractivity contribution in [2.75, 3.05) is 12.4 Å². The van der Waals surface area contributed by atoms with Crippen molar-refractivity contribution in [2.45, 2.75) is 31.7 Å². The van der Waals surface area contributed by atoms with Gasteiger partial charge in [-0.1, -0.05) is 0 Å². The van der Waals surface area contributed by atoms with Crippen molar-refractivity contribution in [2.24, 2.45) is 5.92 Å². The standard InChI is InChI=1S/C20H22FN3O4/c1-22-19(25)17-11-15(8-9-23-17)28-18-7-6-14(10-16(18)21)24-13-4-2-12(3-5-13)20(26)27/h6-13,24H,2-5H2,1H3,(H,22,25)(H,26,27). The molecule has 1 aromatic heterocycles. The molecule has 1 aliphatic carbocycles. The highest BCUT2D eigenvalue weighted by Gasteiger charge is 2.25. The van der Waals surface area contributed by atoms with Crippen LogP contribution in [-0.4, -0.2) is 35.1 Å². The number of aliphatic carboxylic acids is 1. The van der Waals surface area contributed by atoms with Crippen molar-refractivity contribution in [3.63, 3.8) is 0 Å². The molecule has 0 aliphatic heterocycles. The monoisotopic (exact) mass is 387 g/mol. The number of anilines is 1. The molecule has 0 unspecified atom stereocenters. The molecule has 1 amide bonds. The number of carbonyl (C=O) groups excluding carboxylic acids is 1. The average molecular weight is 387 g/mol. The van der Waals surface area contributed by atoms with E-state index >= 15 is 0 Å². The Morgan fingerprint density at radius 3 is 2.57 bits per heavy atom. The summed E-state index contributed by atoms with van der Waals surface area (Å²) in [4.78, 5) is 26.6. The number of benzene rings is 1. The minimum absolute atomic E-state index is 0.0363. The largest absolute Gasteiger partial charge is 0.481 e. The number of carboxylic acid groups (broad SMARTS) is 1. The van der Waals surface area contributed by atoms with Crippen molar-refractivity contribution in [3.8, 4) is 11.5 Å². The first kappa shape index (κ1) is 19.6. The molecule has 1 aromatic carbocycles. The van der Waals surface area contributed by atoms with Crippen LogP contribution < -0.4 is 15.4 Å². The lowest BCUT2D eigenvalue weighted by Gasteiger charge is -2.27. The summed E-state index contributed by atoms with van der Waals surface area (Å²) < 4.78 is 20.0. The van der Waals surface area contributed by atoms with Gasteiger partial charge in [0.05, 0.1) is 5.92 Å². The van der Waals surface area contributed by atoms with Crippen molar-refractivity contribution in [3.05, 3.63) is 48.0 Å². The highest BCUT2D eigenvalue weighted by molar-refractivity contribution is 5.92. The predicted octanol–water partition coefficient (Wildman–Crippen LogP) is 3.43. The second kappa shape index (κ2) is 8.69. The number of hydrogen-bond donors (Lipinski definition) is 3. The minimum atomic E-state index is -0.748. The number of halogens is 1. The van der Waals surface area contributed by atoms with Gasteiger partial charge in [-0.2, -0.15) is 0 Å². The molecular formula is C20H22FN3O4. The van der Waals surface area contributed by atoms with Crippen LogP contribution in [0.1, 0.15) is 36.2 Å². The zero-order chi connectivity index (χ0) is 20.1. The Morgan fingerprint density at radius 2 is 1.93 bits per heavy atom. The molecule has 3 N–H and O–H groups in total.